The zero-order valence-electron chi connectivity index (χ0n) is 56.6. The van der Waals surface area contributed by atoms with Gasteiger partial charge in [-0.2, -0.15) is 0 Å². The molecule has 0 saturated carbocycles. The van der Waals surface area contributed by atoms with Crippen molar-refractivity contribution in [3.8, 4) is 11.1 Å². The van der Waals surface area contributed by atoms with Crippen LogP contribution in [0.5, 0.6) is 0 Å². The van der Waals surface area contributed by atoms with Crippen molar-refractivity contribution in [1.29, 1.82) is 5.41 Å². The van der Waals surface area contributed by atoms with Gasteiger partial charge in [-0.05, 0) is 83.7 Å². The van der Waals surface area contributed by atoms with Crippen molar-refractivity contribution in [3.05, 3.63) is 131 Å². The molecule has 12 atom stereocenters. The molecule has 0 radical (unpaired) electrons. The Bertz CT molecular complexity index is 3410. The van der Waals surface area contributed by atoms with Crippen LogP contribution >= 0.6 is 0 Å². The summed E-state index contributed by atoms with van der Waals surface area (Å²) in [5, 5.41) is 71.9. The van der Waals surface area contributed by atoms with E-state index in [1.807, 2.05) is 48.5 Å². The first-order chi connectivity index (χ1) is 47.2. The second-order valence-electron chi connectivity index (χ2n) is 25.3. The summed E-state index contributed by atoms with van der Waals surface area (Å²) in [7, 11) is 0. The van der Waals surface area contributed by atoms with Gasteiger partial charge in [-0.25, -0.2) is 9.59 Å². The number of aliphatic hydroxyl groups is 3. The first-order valence-electron chi connectivity index (χ1n) is 33.1. The number of guanidine groups is 1. The summed E-state index contributed by atoms with van der Waals surface area (Å²) in [5.74, 6) is -12.4. The Morgan fingerprint density at radius 3 is 1.71 bits per heavy atom. The maximum atomic E-state index is 15.5. The third-order valence-electron chi connectivity index (χ3n) is 16.9. The Morgan fingerprint density at radius 2 is 1.11 bits per heavy atom. The fourth-order valence-corrected chi connectivity index (χ4v) is 11.3. The van der Waals surface area contributed by atoms with E-state index in [0.29, 0.717) is 5.56 Å². The first-order valence-corrected chi connectivity index (χ1v) is 33.1. The number of carbonyl (C=O) groups is 11. The minimum absolute atomic E-state index is 0.0408. The predicted molar refractivity (Wildman–Crippen MR) is 363 cm³/mol. The van der Waals surface area contributed by atoms with Crippen LogP contribution < -0.4 is 69.5 Å². The molecule has 4 aromatic carbocycles. The molecule has 0 aromatic heterocycles. The molecule has 2 aliphatic rings. The van der Waals surface area contributed by atoms with E-state index in [4.69, 9.17) is 20.6 Å². The molecule has 30 nitrogen and oxygen atoms in total. The molecule has 1 fully saturated rings. The zero-order chi connectivity index (χ0) is 72.5. The summed E-state index contributed by atoms with van der Waals surface area (Å²) in [4.78, 5) is 159. The molecule has 0 spiro atoms. The lowest BCUT2D eigenvalue weighted by atomic mass is 9.94. The van der Waals surface area contributed by atoms with Gasteiger partial charge in [0.05, 0.1) is 31.4 Å². The third kappa shape index (κ3) is 23.0. The summed E-state index contributed by atoms with van der Waals surface area (Å²) in [6.07, 6.45) is -5.83. The van der Waals surface area contributed by atoms with E-state index < -0.39 is 169 Å². The second kappa shape index (κ2) is 38.1. The number of nitrogens with two attached hydrogens (primary N) is 1. The van der Waals surface area contributed by atoms with E-state index in [-0.39, 0.29) is 69.4 Å². The number of hydrogen-bond donors (Lipinski definition) is 17. The first kappa shape index (κ1) is 77.8. The summed E-state index contributed by atoms with van der Waals surface area (Å²) < 4.78 is 11.2. The Kier molecular flexibility index (Phi) is 29.9. The molecule has 536 valence electrons. The van der Waals surface area contributed by atoms with Gasteiger partial charge in [-0.15, -0.1) is 0 Å². The van der Waals surface area contributed by atoms with Crippen LogP contribution in [0.4, 0.5) is 9.59 Å². The molecule has 1 unspecified atom stereocenters. The van der Waals surface area contributed by atoms with Crippen LogP contribution in [0.15, 0.2) is 109 Å². The van der Waals surface area contributed by atoms with Gasteiger partial charge in [0.25, 0.3) is 0 Å². The highest BCUT2D eigenvalue weighted by atomic mass is 16.6. The maximum absolute atomic E-state index is 15.5. The molecule has 1 saturated heterocycles. The fraction of sp³-hybridized carbons (Fsp3) is 0.478. The number of rotatable bonds is 21. The van der Waals surface area contributed by atoms with Gasteiger partial charge < -0.3 is 94.3 Å². The Balaban J connectivity index is 1.44. The van der Waals surface area contributed by atoms with Crippen molar-refractivity contribution >= 4 is 71.3 Å². The van der Waals surface area contributed by atoms with E-state index in [9.17, 15) is 58.5 Å². The second-order valence-corrected chi connectivity index (χ2v) is 25.3. The van der Waals surface area contributed by atoms with E-state index in [1.165, 1.54) is 45.0 Å². The van der Waals surface area contributed by atoms with Gasteiger partial charge in [0.2, 0.25) is 53.2 Å². The molecule has 4 aromatic rings. The molecule has 6 rings (SSSR count). The molecule has 0 bridgehead atoms. The number of hydrogen-bond acceptors (Lipinski definition) is 17. The Hall–Kier alpha value is -10.2. The van der Waals surface area contributed by atoms with Crippen LogP contribution in [-0.2, 0) is 59.2 Å². The zero-order valence-corrected chi connectivity index (χ0v) is 56.6. The van der Waals surface area contributed by atoms with Crippen molar-refractivity contribution in [2.24, 2.45) is 23.5 Å². The number of fused-ring (bicyclic) bond motifs is 3. The average Bonchev–Trinajstić information content (AvgIpc) is 1.62. The lowest BCUT2D eigenvalue weighted by molar-refractivity contribution is -0.138. The molecule has 18 N–H and O–H groups in total. The van der Waals surface area contributed by atoms with Crippen LogP contribution in [0.25, 0.3) is 11.1 Å². The number of nitrogens with one attached hydrogen (secondary N) is 13. The number of alkyl carbamates (subject to hydrolysis) is 2. The normalized spacial score (nSPS) is 22.8. The molecule has 30 heteroatoms. The number of benzene rings is 4. The van der Waals surface area contributed by atoms with E-state index in [1.54, 1.807) is 64.1 Å². The van der Waals surface area contributed by atoms with Crippen molar-refractivity contribution in [2.75, 3.05) is 32.8 Å². The van der Waals surface area contributed by atoms with E-state index in [0.717, 1.165) is 22.3 Å². The van der Waals surface area contributed by atoms with Crippen LogP contribution in [0.3, 0.4) is 0 Å². The van der Waals surface area contributed by atoms with Gasteiger partial charge in [0, 0.05) is 19.0 Å². The maximum Gasteiger partial charge on any atom is 0.407 e. The average molecular weight is 1380 g/mol. The minimum atomic E-state index is -2.01. The minimum Gasteiger partial charge on any atom is -0.449 e. The number of aliphatic hydroxyl groups excluding tert-OH is 3. The van der Waals surface area contributed by atoms with Crippen molar-refractivity contribution in [3.63, 3.8) is 0 Å². The summed E-state index contributed by atoms with van der Waals surface area (Å²) >= 11 is 0. The standard InChI is InChI=1S/C69H94N14O16/c1-8-39(6)53-64(93)80-54(40(7)85)63(92)74-33-52(86)75-49(29-31-73-68(96)98-35-41-20-11-9-12-21-41)59(88)78-51(34-84)62(91)81-55(42-22-13-10-14-23-42)56(83-69(97)99-36-47-45-26-17-15-24-43(45)44-25-16-18-27-46(44)47)65(94)82-57(58(87)38(4)5)66(95)77-50(32-37(2)3)61(90)76-48(60(89)79-53)28-19-30-72-67(70)71/h9-18,20-27,37-40,47-51,53-58,84-85,87H,8,19,28-36H2,1-7H3,(H,73,96)(H,74,92)(H,75,86)(H,76,90)(H,77,95)(H,78,88)(H,79,89)(H,80,93)(H,81,91)(H,82,94)(H,83,97)(H4,70,71,72)/t39-,40-,48+,49-,50-,51?,53-,54-,55+,56-,57-,58+/m0/s1. The SMILES string of the molecule is CC[C@H](C)[C@@H]1NC(=O)[C@@H](CCCNC(=N)N)NC(=O)[C@H](CC(C)C)NC(=O)[C@H]([C@H](O)C(C)C)NC(=O)[C@@H](NC(=O)OCC2c3ccccc3-c3ccccc32)[C@@H](c2ccccc2)NC(=O)C(CO)NC(=O)[C@H](CCNC(=O)OCc2ccccc2)NC(=O)CNC(=O)[C@H]([C@H](C)O)NC1=O. The smallest absolute Gasteiger partial charge is 0.407 e. The molecule has 1 heterocycles. The van der Waals surface area contributed by atoms with Crippen molar-refractivity contribution in [1.82, 2.24) is 63.8 Å². The summed E-state index contributed by atoms with van der Waals surface area (Å²) in [6.45, 7) is 8.26. The number of amides is 11. The molecular formula is C69H94N14O16. The van der Waals surface area contributed by atoms with Gasteiger partial charge in [0.1, 0.15) is 61.5 Å². The highest BCUT2D eigenvalue weighted by Crippen LogP contribution is 2.44. The molecule has 1 aliphatic heterocycles. The molecule has 11 amide bonds. The summed E-state index contributed by atoms with van der Waals surface area (Å²) in [5.41, 5.74) is 9.81. The van der Waals surface area contributed by atoms with Crippen LogP contribution in [0, 0.1) is 23.2 Å². The molecular weight excluding hydrogens is 1280 g/mol. The number of ether oxygens (including phenoxy) is 2. The van der Waals surface area contributed by atoms with Gasteiger partial charge in [-0.1, -0.05) is 157 Å². The van der Waals surface area contributed by atoms with Gasteiger partial charge >= 0.3 is 12.2 Å². The van der Waals surface area contributed by atoms with Crippen LogP contribution in [-0.4, -0.2) is 180 Å². The summed E-state index contributed by atoms with van der Waals surface area (Å²) in [6, 6.07) is 15.8. The quantitative estimate of drug-likeness (QED) is 0.0304. The topological polar surface area (TPSA) is 461 Å². The highest BCUT2D eigenvalue weighted by Gasteiger charge is 2.42. The Labute approximate surface area is 574 Å². The van der Waals surface area contributed by atoms with Crippen LogP contribution in [0.2, 0.25) is 0 Å². The van der Waals surface area contributed by atoms with Crippen molar-refractivity contribution < 1.29 is 77.5 Å². The lowest BCUT2D eigenvalue weighted by Gasteiger charge is -2.33. The lowest BCUT2D eigenvalue weighted by Crippen LogP contribution is -2.64. The molecule has 99 heavy (non-hydrogen) atoms. The van der Waals surface area contributed by atoms with E-state index in [2.05, 4.69) is 63.8 Å². The van der Waals surface area contributed by atoms with Crippen molar-refractivity contribution in [2.45, 2.75) is 160 Å². The Morgan fingerprint density at radius 1 is 0.576 bits per heavy atom. The predicted octanol–water partition coefficient (Wildman–Crippen LogP) is 0.337. The largest absolute Gasteiger partial charge is 0.449 e. The van der Waals surface area contributed by atoms with Gasteiger partial charge in [-0.3, -0.25) is 48.6 Å². The fourth-order valence-electron chi connectivity index (χ4n) is 11.3. The van der Waals surface area contributed by atoms with Gasteiger partial charge in [0.15, 0.2) is 5.96 Å². The molecule has 1 aliphatic carbocycles. The number of carbonyl (C=O) groups excluding carboxylic acids is 11. The third-order valence-corrected chi connectivity index (χ3v) is 16.9. The van der Waals surface area contributed by atoms with E-state index >= 15 is 9.59 Å². The monoisotopic (exact) mass is 1370 g/mol. The van der Waals surface area contributed by atoms with Crippen LogP contribution in [0.1, 0.15) is 115 Å². The highest BCUT2D eigenvalue weighted by molar-refractivity contribution is 5.99.